The molecule has 0 aromatic carbocycles. The van der Waals surface area contributed by atoms with Crippen molar-refractivity contribution in [2.24, 2.45) is 0 Å². The quantitative estimate of drug-likeness (QED) is 0.252. The van der Waals surface area contributed by atoms with Crippen LogP contribution >= 0.6 is 0 Å². The molecule has 0 radical (unpaired) electrons. The first-order valence-electron chi connectivity index (χ1n) is 4.05. The molecule has 0 heterocycles. The molecule has 0 aliphatic carbocycles. The van der Waals surface area contributed by atoms with Crippen LogP contribution in [0.5, 0.6) is 0 Å². The van der Waals surface area contributed by atoms with Crippen molar-refractivity contribution in [3.05, 3.63) is 0 Å². The Morgan fingerprint density at radius 1 is 1.00 bits per heavy atom. The monoisotopic (exact) mass is 248 g/mol. The van der Waals surface area contributed by atoms with Crippen LogP contribution in [0, 0.1) is 0 Å². The zero-order valence-electron chi connectivity index (χ0n) is 8.59. The molecule has 5 atom stereocenters. The number of carbonyl (C=O) groups is 1. The van der Waals surface area contributed by atoms with Crippen LogP contribution in [0.25, 0.3) is 0 Å². The Kier molecular flexibility index (Phi) is 9.69. The largest absolute Gasteiger partial charge is 1.00 e. The summed E-state index contributed by atoms with van der Waals surface area (Å²) in [4.78, 5) is 10.1. The number of aliphatic hydroxyl groups excluding tert-OH is 6. The summed E-state index contributed by atoms with van der Waals surface area (Å²) in [7, 11) is 0. The molecule has 0 saturated carbocycles. The van der Waals surface area contributed by atoms with Crippen molar-refractivity contribution in [3.8, 4) is 0 Å². The summed E-state index contributed by atoms with van der Waals surface area (Å²) in [6.07, 6.45) is -10.5. The van der Waals surface area contributed by atoms with Crippen LogP contribution in [0.4, 0.5) is 0 Å². The maximum atomic E-state index is 10.1. The van der Waals surface area contributed by atoms with E-state index in [4.69, 9.17) is 30.6 Å². The molecule has 0 aromatic rings. The average Bonchev–Trinajstić information content (AvgIpc) is 2.23. The fourth-order valence-corrected chi connectivity index (χ4v) is 0.864. The van der Waals surface area contributed by atoms with Crippen molar-refractivity contribution in [1.82, 2.24) is 0 Å². The van der Waals surface area contributed by atoms with Crippen molar-refractivity contribution in [1.29, 1.82) is 0 Å². The first-order valence-corrected chi connectivity index (χ1v) is 4.05. The maximum Gasteiger partial charge on any atom is 1.00 e. The van der Waals surface area contributed by atoms with E-state index in [1.165, 1.54) is 0 Å². The molecule has 6 N–H and O–H groups in total. The molecule has 0 unspecified atom stereocenters. The molecule has 8 nitrogen and oxygen atoms in total. The van der Waals surface area contributed by atoms with Crippen LogP contribution in [0.3, 0.4) is 0 Å². The van der Waals surface area contributed by atoms with Gasteiger partial charge in [0.05, 0.1) is 12.6 Å². The molecule has 0 saturated heterocycles. The second kappa shape index (κ2) is 8.34. The van der Waals surface area contributed by atoms with Gasteiger partial charge >= 0.3 is 29.6 Å². The van der Waals surface area contributed by atoms with Crippen molar-refractivity contribution in [3.63, 3.8) is 0 Å². The minimum absolute atomic E-state index is 0. The van der Waals surface area contributed by atoms with Crippen LogP contribution in [-0.4, -0.2) is 73.7 Å². The van der Waals surface area contributed by atoms with Crippen molar-refractivity contribution < 1.29 is 70.1 Å². The Morgan fingerprint density at radius 3 is 1.75 bits per heavy atom. The van der Waals surface area contributed by atoms with Crippen molar-refractivity contribution >= 4 is 5.97 Å². The molecule has 0 amide bonds. The standard InChI is InChI=1S/C7H14O8.Na/c8-1-2(9)3(10)4(11)5(12)6(13)7(14)15;/h2-6,8-13H,1H2,(H,14,15);/q;+1/p-1/t2-,3+,4+,5+,6+;/m0./s1. The predicted molar refractivity (Wildman–Crippen MR) is 42.1 cm³/mol. The number of hydrogen-bond donors (Lipinski definition) is 6. The minimum atomic E-state index is -2.40. The Bertz CT molecular complexity index is 213. The molecule has 0 fully saturated rings. The third-order valence-corrected chi connectivity index (χ3v) is 1.85. The van der Waals surface area contributed by atoms with Gasteiger partial charge < -0.3 is 40.5 Å². The van der Waals surface area contributed by atoms with E-state index in [0.717, 1.165) is 0 Å². The first-order chi connectivity index (χ1) is 6.82. The van der Waals surface area contributed by atoms with Gasteiger partial charge in [-0.25, -0.2) is 0 Å². The number of carboxylic acids is 1. The van der Waals surface area contributed by atoms with Crippen LogP contribution in [0.1, 0.15) is 0 Å². The van der Waals surface area contributed by atoms with E-state index in [1.807, 2.05) is 0 Å². The summed E-state index contributed by atoms with van der Waals surface area (Å²) in [6.45, 7) is -0.896. The summed E-state index contributed by atoms with van der Waals surface area (Å²) >= 11 is 0. The SMILES string of the molecule is O=C([O-])[C@H](O)[C@H](O)[C@H](O)[C@H](O)[C@@H](O)CO.[Na+]. The maximum absolute atomic E-state index is 10.1. The van der Waals surface area contributed by atoms with E-state index in [0.29, 0.717) is 0 Å². The van der Waals surface area contributed by atoms with E-state index in [2.05, 4.69) is 0 Å². The molecular formula is C7H13NaO8. The molecule has 16 heavy (non-hydrogen) atoms. The van der Waals surface area contributed by atoms with Gasteiger partial charge in [0.25, 0.3) is 0 Å². The van der Waals surface area contributed by atoms with Gasteiger partial charge in [-0.3, -0.25) is 0 Å². The molecule has 0 spiro atoms. The number of carboxylic acid groups (broad SMARTS) is 1. The second-order valence-corrected chi connectivity index (χ2v) is 2.99. The number of aliphatic hydroxyl groups is 6. The van der Waals surface area contributed by atoms with Gasteiger partial charge in [-0.2, -0.15) is 0 Å². The van der Waals surface area contributed by atoms with Crippen molar-refractivity contribution in [2.75, 3.05) is 6.61 Å². The molecule has 90 valence electrons. The van der Waals surface area contributed by atoms with Gasteiger partial charge in [0, 0.05) is 0 Å². The Balaban J connectivity index is 0. The molecule has 9 heteroatoms. The molecular weight excluding hydrogens is 235 g/mol. The molecule has 0 aromatic heterocycles. The normalized spacial score (nSPS) is 20.1. The van der Waals surface area contributed by atoms with Gasteiger partial charge in [-0.1, -0.05) is 0 Å². The fourth-order valence-electron chi connectivity index (χ4n) is 0.864. The zero-order chi connectivity index (χ0) is 12.2. The van der Waals surface area contributed by atoms with Gasteiger partial charge in [0.15, 0.2) is 0 Å². The Labute approximate surface area is 113 Å². The van der Waals surface area contributed by atoms with E-state index >= 15 is 0 Å². The molecule has 0 bridgehead atoms. The van der Waals surface area contributed by atoms with Crippen LogP contribution in [-0.2, 0) is 4.79 Å². The summed E-state index contributed by atoms with van der Waals surface area (Å²) in [6, 6.07) is 0. The zero-order valence-corrected chi connectivity index (χ0v) is 10.6. The van der Waals surface area contributed by atoms with E-state index in [9.17, 15) is 9.90 Å². The molecule has 0 aliphatic heterocycles. The van der Waals surface area contributed by atoms with Crippen LogP contribution in [0.2, 0.25) is 0 Å². The van der Waals surface area contributed by atoms with Crippen molar-refractivity contribution in [2.45, 2.75) is 30.5 Å². The first kappa shape index (κ1) is 18.6. The third-order valence-electron chi connectivity index (χ3n) is 1.85. The number of hydrogen-bond acceptors (Lipinski definition) is 8. The molecule has 0 rings (SSSR count). The predicted octanol–water partition coefficient (Wildman–Crippen LogP) is -8.46. The summed E-state index contributed by atoms with van der Waals surface area (Å²) in [5, 5.41) is 63.2. The van der Waals surface area contributed by atoms with Gasteiger partial charge in [0.2, 0.25) is 0 Å². The number of rotatable bonds is 6. The Morgan fingerprint density at radius 2 is 1.44 bits per heavy atom. The Hall–Kier alpha value is 0.230. The van der Waals surface area contributed by atoms with E-state index < -0.39 is 43.1 Å². The van der Waals surface area contributed by atoms with E-state index in [-0.39, 0.29) is 29.6 Å². The summed E-state index contributed by atoms with van der Waals surface area (Å²) in [5.74, 6) is -2.03. The number of aliphatic carboxylic acids is 1. The smallest absolute Gasteiger partial charge is 0.547 e. The third kappa shape index (κ3) is 5.04. The fraction of sp³-hybridized carbons (Fsp3) is 0.857. The van der Waals surface area contributed by atoms with Gasteiger partial charge in [-0.05, 0) is 0 Å². The van der Waals surface area contributed by atoms with Gasteiger partial charge in [-0.15, -0.1) is 0 Å². The average molecular weight is 248 g/mol. The summed E-state index contributed by atoms with van der Waals surface area (Å²) in [5.41, 5.74) is 0. The van der Waals surface area contributed by atoms with E-state index in [1.54, 1.807) is 0 Å². The number of carbonyl (C=O) groups excluding carboxylic acids is 1. The second-order valence-electron chi connectivity index (χ2n) is 2.99. The molecule has 0 aliphatic rings. The minimum Gasteiger partial charge on any atom is -0.547 e. The summed E-state index contributed by atoms with van der Waals surface area (Å²) < 4.78 is 0. The van der Waals surface area contributed by atoms with Gasteiger partial charge in [0.1, 0.15) is 30.5 Å². The van der Waals surface area contributed by atoms with Crippen LogP contribution < -0.4 is 34.7 Å². The topological polar surface area (TPSA) is 162 Å². The van der Waals surface area contributed by atoms with Crippen LogP contribution in [0.15, 0.2) is 0 Å².